The summed E-state index contributed by atoms with van der Waals surface area (Å²) in [5.74, 6) is 2.04. The van der Waals surface area contributed by atoms with Crippen molar-refractivity contribution in [2.45, 2.75) is 39.5 Å². The van der Waals surface area contributed by atoms with Crippen LogP contribution in [0.25, 0.3) is 0 Å². The van der Waals surface area contributed by atoms with Crippen molar-refractivity contribution in [3.8, 4) is 0 Å². The predicted molar refractivity (Wildman–Crippen MR) is 49.9 cm³/mol. The molecule has 0 N–H and O–H groups in total. The third-order valence-corrected chi connectivity index (χ3v) is 3.10. The lowest BCUT2D eigenvalue weighted by Crippen LogP contribution is -2.24. The number of carbonyl (C=O) groups excluding carboxylic acids is 1. The van der Waals surface area contributed by atoms with Crippen LogP contribution in [-0.4, -0.2) is 5.97 Å². The molecule has 0 aromatic heterocycles. The minimum Gasteiger partial charge on any atom is -0.431 e. The first-order valence-electron chi connectivity index (χ1n) is 5.09. The van der Waals surface area contributed by atoms with E-state index in [1.165, 1.54) is 12.0 Å². The van der Waals surface area contributed by atoms with Crippen molar-refractivity contribution in [1.82, 2.24) is 0 Å². The van der Waals surface area contributed by atoms with E-state index >= 15 is 0 Å². The van der Waals surface area contributed by atoms with E-state index < -0.39 is 0 Å². The quantitative estimate of drug-likeness (QED) is 0.536. The first-order chi connectivity index (χ1) is 6.16. The lowest BCUT2D eigenvalue weighted by atomic mass is 9.81. The van der Waals surface area contributed by atoms with Gasteiger partial charge in [0.2, 0.25) is 0 Å². The molecule has 0 unspecified atom stereocenters. The van der Waals surface area contributed by atoms with Gasteiger partial charge in [-0.2, -0.15) is 0 Å². The molecule has 0 radical (unpaired) electrons. The monoisotopic (exact) mass is 180 g/mol. The lowest BCUT2D eigenvalue weighted by Gasteiger charge is -2.31. The molecule has 72 valence electrons. The second-order valence-electron chi connectivity index (χ2n) is 4.38. The Labute approximate surface area is 79.0 Å². The molecule has 2 atom stereocenters. The van der Waals surface area contributed by atoms with Crippen molar-refractivity contribution in [3.63, 3.8) is 0 Å². The van der Waals surface area contributed by atoms with Gasteiger partial charge in [0.25, 0.3) is 0 Å². The van der Waals surface area contributed by atoms with E-state index in [0.29, 0.717) is 18.3 Å². The molecule has 0 amide bonds. The fourth-order valence-corrected chi connectivity index (χ4v) is 2.27. The van der Waals surface area contributed by atoms with Crippen LogP contribution in [0.15, 0.2) is 11.3 Å². The van der Waals surface area contributed by atoms with Crippen LogP contribution in [0.3, 0.4) is 0 Å². The maximum Gasteiger partial charge on any atom is 0.311 e. The van der Waals surface area contributed by atoms with Gasteiger partial charge < -0.3 is 4.74 Å². The Morgan fingerprint density at radius 2 is 2.08 bits per heavy atom. The Morgan fingerprint density at radius 1 is 1.31 bits per heavy atom. The minimum absolute atomic E-state index is 0.0413. The summed E-state index contributed by atoms with van der Waals surface area (Å²) in [5, 5.41) is 0. The maximum atomic E-state index is 11.2. The molecule has 2 heteroatoms. The number of hydrogen-bond acceptors (Lipinski definition) is 2. The van der Waals surface area contributed by atoms with E-state index in [4.69, 9.17) is 4.74 Å². The van der Waals surface area contributed by atoms with Crippen LogP contribution in [0.1, 0.15) is 39.5 Å². The summed E-state index contributed by atoms with van der Waals surface area (Å²) in [7, 11) is 0. The average Bonchev–Trinajstić information content (AvgIpc) is 2.02. The molecule has 2 nitrogen and oxygen atoms in total. The SMILES string of the molecule is C[C@@H]1CCC2=C(C1)OC(=O)C[C@H]2C. The number of rotatable bonds is 0. The molecule has 0 spiro atoms. The van der Waals surface area contributed by atoms with Gasteiger partial charge in [-0.3, -0.25) is 4.79 Å². The Kier molecular flexibility index (Phi) is 2.14. The molecule has 1 aliphatic heterocycles. The number of carbonyl (C=O) groups is 1. The molecule has 0 bridgehead atoms. The highest BCUT2D eigenvalue weighted by atomic mass is 16.5. The fraction of sp³-hybridized carbons (Fsp3) is 0.727. The largest absolute Gasteiger partial charge is 0.431 e. The molecule has 1 heterocycles. The molecule has 0 aromatic carbocycles. The number of hydrogen-bond donors (Lipinski definition) is 0. The van der Waals surface area contributed by atoms with Crippen LogP contribution in [-0.2, 0) is 9.53 Å². The highest BCUT2D eigenvalue weighted by Crippen LogP contribution is 2.38. The van der Waals surface area contributed by atoms with Crippen molar-refractivity contribution in [2.24, 2.45) is 11.8 Å². The standard InChI is InChI=1S/C11H16O2/c1-7-3-4-9-8(2)6-11(12)13-10(9)5-7/h7-8H,3-6H2,1-2H3/t7-,8-/m1/s1. The van der Waals surface area contributed by atoms with Crippen LogP contribution in [0.2, 0.25) is 0 Å². The van der Waals surface area contributed by atoms with Gasteiger partial charge >= 0.3 is 5.97 Å². The molecular weight excluding hydrogens is 164 g/mol. The zero-order valence-corrected chi connectivity index (χ0v) is 8.30. The van der Waals surface area contributed by atoms with Crippen LogP contribution in [0.4, 0.5) is 0 Å². The van der Waals surface area contributed by atoms with Gasteiger partial charge in [-0.1, -0.05) is 13.8 Å². The van der Waals surface area contributed by atoms with Crippen molar-refractivity contribution in [3.05, 3.63) is 11.3 Å². The van der Waals surface area contributed by atoms with Crippen LogP contribution in [0.5, 0.6) is 0 Å². The van der Waals surface area contributed by atoms with Crippen LogP contribution >= 0.6 is 0 Å². The topological polar surface area (TPSA) is 26.3 Å². The summed E-state index contributed by atoms with van der Waals surface area (Å²) >= 11 is 0. The van der Waals surface area contributed by atoms with Crippen molar-refractivity contribution in [1.29, 1.82) is 0 Å². The van der Waals surface area contributed by atoms with Gasteiger partial charge in [0.15, 0.2) is 0 Å². The molecule has 0 aromatic rings. The smallest absolute Gasteiger partial charge is 0.311 e. The molecule has 2 aliphatic rings. The third-order valence-electron chi connectivity index (χ3n) is 3.10. The predicted octanol–water partition coefficient (Wildman–Crippen LogP) is 2.64. The number of esters is 1. The summed E-state index contributed by atoms with van der Waals surface area (Å²) in [5.41, 5.74) is 1.40. The number of allylic oxidation sites excluding steroid dienone is 2. The molecule has 0 saturated heterocycles. The highest BCUT2D eigenvalue weighted by Gasteiger charge is 2.30. The summed E-state index contributed by atoms with van der Waals surface area (Å²) in [6.45, 7) is 4.35. The van der Waals surface area contributed by atoms with Gasteiger partial charge in [0.05, 0.1) is 6.42 Å². The zero-order chi connectivity index (χ0) is 9.42. The first-order valence-corrected chi connectivity index (χ1v) is 5.09. The van der Waals surface area contributed by atoms with Crippen molar-refractivity contribution in [2.75, 3.05) is 0 Å². The summed E-state index contributed by atoms with van der Waals surface area (Å²) in [6, 6.07) is 0. The van der Waals surface area contributed by atoms with E-state index in [0.717, 1.165) is 18.6 Å². The van der Waals surface area contributed by atoms with Crippen LogP contribution in [0, 0.1) is 11.8 Å². The normalized spacial score (nSPS) is 34.2. The van der Waals surface area contributed by atoms with E-state index in [1.54, 1.807) is 0 Å². The van der Waals surface area contributed by atoms with Gasteiger partial charge in [-0.25, -0.2) is 0 Å². The van der Waals surface area contributed by atoms with Gasteiger partial charge in [0, 0.05) is 6.42 Å². The van der Waals surface area contributed by atoms with Gasteiger partial charge in [-0.05, 0) is 30.3 Å². The highest BCUT2D eigenvalue weighted by molar-refractivity contribution is 5.73. The van der Waals surface area contributed by atoms with Crippen molar-refractivity contribution < 1.29 is 9.53 Å². The van der Waals surface area contributed by atoms with E-state index in [-0.39, 0.29) is 5.97 Å². The van der Waals surface area contributed by atoms with Crippen molar-refractivity contribution >= 4 is 5.97 Å². The van der Waals surface area contributed by atoms with Gasteiger partial charge in [0.1, 0.15) is 5.76 Å². The molecular formula is C11H16O2. The Balaban J connectivity index is 2.24. The minimum atomic E-state index is -0.0413. The summed E-state index contributed by atoms with van der Waals surface area (Å²) < 4.78 is 5.27. The van der Waals surface area contributed by atoms with Crippen LogP contribution < -0.4 is 0 Å². The van der Waals surface area contributed by atoms with E-state index in [1.807, 2.05) is 0 Å². The Morgan fingerprint density at radius 3 is 2.85 bits per heavy atom. The molecule has 2 rings (SSSR count). The zero-order valence-electron chi connectivity index (χ0n) is 8.30. The average molecular weight is 180 g/mol. The Hall–Kier alpha value is -0.790. The Bertz CT molecular complexity index is 265. The maximum absolute atomic E-state index is 11.2. The second kappa shape index (κ2) is 3.17. The summed E-state index contributed by atoms with van der Waals surface area (Å²) in [4.78, 5) is 11.2. The third kappa shape index (κ3) is 1.62. The number of ether oxygens (including phenoxy) is 1. The summed E-state index contributed by atoms with van der Waals surface area (Å²) in [6.07, 6.45) is 3.92. The first kappa shape index (κ1) is 8.79. The molecule has 1 aliphatic carbocycles. The second-order valence-corrected chi connectivity index (χ2v) is 4.38. The molecule has 0 fully saturated rings. The van der Waals surface area contributed by atoms with E-state index in [9.17, 15) is 4.79 Å². The fourth-order valence-electron chi connectivity index (χ4n) is 2.27. The molecule has 0 saturated carbocycles. The molecule has 13 heavy (non-hydrogen) atoms. The lowest BCUT2D eigenvalue weighted by molar-refractivity contribution is -0.142. The van der Waals surface area contributed by atoms with E-state index in [2.05, 4.69) is 13.8 Å². The van der Waals surface area contributed by atoms with Gasteiger partial charge in [-0.15, -0.1) is 0 Å².